The Morgan fingerprint density at radius 3 is 2.35 bits per heavy atom. The van der Waals surface area contributed by atoms with Gasteiger partial charge in [-0.15, -0.1) is 0 Å². The molecule has 1 heterocycles. The van der Waals surface area contributed by atoms with Crippen molar-refractivity contribution in [2.24, 2.45) is 5.73 Å². The molecular weight excluding hydrogens is 438 g/mol. The lowest BCUT2D eigenvalue weighted by Gasteiger charge is -2.37. The number of benzene rings is 2. The third kappa shape index (κ3) is 4.66. The zero-order valence-corrected chi connectivity index (χ0v) is 18.5. The summed E-state index contributed by atoms with van der Waals surface area (Å²) in [5.41, 5.74) is 9.58. The van der Waals surface area contributed by atoms with Gasteiger partial charge in [0.15, 0.2) is 5.96 Å². The number of rotatable bonds is 7. The van der Waals surface area contributed by atoms with Crippen molar-refractivity contribution in [2.75, 3.05) is 19.7 Å². The summed E-state index contributed by atoms with van der Waals surface area (Å²) < 4.78 is 5.67. The summed E-state index contributed by atoms with van der Waals surface area (Å²) in [6, 6.07) is 13.8. The molecule has 6 N–H and O–H groups in total. The van der Waals surface area contributed by atoms with Crippen LogP contribution in [0.15, 0.2) is 48.5 Å². The topological polar surface area (TPSA) is 158 Å². The van der Waals surface area contributed by atoms with Gasteiger partial charge in [0.05, 0.1) is 6.54 Å². The van der Waals surface area contributed by atoms with Gasteiger partial charge in [0.2, 0.25) is 5.91 Å². The van der Waals surface area contributed by atoms with Gasteiger partial charge in [-0.25, -0.2) is 9.59 Å². The van der Waals surface area contributed by atoms with E-state index in [9.17, 15) is 19.5 Å². The fourth-order valence-corrected chi connectivity index (χ4v) is 4.60. The average Bonchev–Trinajstić information content (AvgIpc) is 3.14. The Labute approximate surface area is 196 Å². The largest absolute Gasteiger partial charge is 0.480 e. The van der Waals surface area contributed by atoms with Crippen molar-refractivity contribution in [2.45, 2.75) is 30.8 Å². The highest BCUT2D eigenvalue weighted by Crippen LogP contribution is 2.44. The smallest absolute Gasteiger partial charge is 0.410 e. The number of carboxylic acids is 1. The number of nitrogens with two attached hydrogens (primary N) is 1. The van der Waals surface area contributed by atoms with Gasteiger partial charge in [-0.2, -0.15) is 0 Å². The van der Waals surface area contributed by atoms with Crippen LogP contribution in [0.3, 0.4) is 0 Å². The van der Waals surface area contributed by atoms with Gasteiger partial charge in [0.25, 0.3) is 0 Å². The lowest BCUT2D eigenvalue weighted by atomic mass is 9.98. The molecule has 0 aromatic heterocycles. The Bertz CT molecular complexity index is 1070. The maximum absolute atomic E-state index is 13.1. The molecule has 2 amide bonds. The van der Waals surface area contributed by atoms with E-state index < -0.39 is 30.1 Å². The number of ether oxygens (including phenoxy) is 1. The highest BCUT2D eigenvalue weighted by atomic mass is 16.6. The fraction of sp³-hybridized carbons (Fsp3) is 0.333. The molecule has 0 unspecified atom stereocenters. The summed E-state index contributed by atoms with van der Waals surface area (Å²) in [6.45, 7) is 0.226. The number of guanidine groups is 1. The third-order valence-electron chi connectivity index (χ3n) is 6.21. The monoisotopic (exact) mass is 465 g/mol. The first-order valence-electron chi connectivity index (χ1n) is 11.1. The number of amides is 2. The van der Waals surface area contributed by atoms with Gasteiger partial charge in [-0.05, 0) is 35.1 Å². The zero-order valence-electron chi connectivity index (χ0n) is 18.5. The normalized spacial score (nSPS) is 19.1. The van der Waals surface area contributed by atoms with Crippen LogP contribution in [0.2, 0.25) is 0 Å². The van der Waals surface area contributed by atoms with E-state index in [0.29, 0.717) is 13.0 Å². The van der Waals surface area contributed by atoms with Crippen LogP contribution >= 0.6 is 0 Å². The molecule has 2 aliphatic rings. The van der Waals surface area contributed by atoms with Gasteiger partial charge in [-0.1, -0.05) is 48.5 Å². The molecule has 1 aliphatic heterocycles. The molecule has 2 aromatic carbocycles. The molecule has 0 radical (unpaired) electrons. The summed E-state index contributed by atoms with van der Waals surface area (Å²) in [5, 5.41) is 21.7. The lowest BCUT2D eigenvalue weighted by Crippen LogP contribution is -2.63. The summed E-state index contributed by atoms with van der Waals surface area (Å²) in [7, 11) is 0. The zero-order chi connectivity index (χ0) is 24.2. The minimum absolute atomic E-state index is 0.0708. The Morgan fingerprint density at radius 2 is 1.76 bits per heavy atom. The number of carbonyl (C=O) groups is 3. The molecular formula is C24H27N5O5. The Hall–Kier alpha value is -4.08. The number of carbonyl (C=O) groups excluding carboxylic acids is 2. The molecule has 4 rings (SSSR count). The second-order valence-corrected chi connectivity index (χ2v) is 8.35. The van der Waals surface area contributed by atoms with Crippen molar-refractivity contribution in [3.8, 4) is 11.1 Å². The number of nitrogens with zero attached hydrogens (tertiary/aromatic N) is 1. The van der Waals surface area contributed by atoms with Crippen molar-refractivity contribution in [1.29, 1.82) is 5.41 Å². The first kappa shape index (κ1) is 23.1. The van der Waals surface area contributed by atoms with E-state index in [1.807, 2.05) is 48.5 Å². The van der Waals surface area contributed by atoms with Gasteiger partial charge in [-0.3, -0.25) is 15.1 Å². The van der Waals surface area contributed by atoms with Crippen LogP contribution in [0.1, 0.15) is 29.9 Å². The molecule has 10 heteroatoms. The Balaban J connectivity index is 1.48. The van der Waals surface area contributed by atoms with Gasteiger partial charge < -0.3 is 26.2 Å². The van der Waals surface area contributed by atoms with Crippen LogP contribution in [0, 0.1) is 5.41 Å². The van der Waals surface area contributed by atoms with E-state index in [0.717, 1.165) is 22.3 Å². The fourth-order valence-electron chi connectivity index (χ4n) is 4.60. The van der Waals surface area contributed by atoms with E-state index in [1.165, 1.54) is 4.90 Å². The van der Waals surface area contributed by atoms with Crippen LogP contribution in [0.5, 0.6) is 0 Å². The number of aliphatic carboxylic acids is 1. The molecule has 0 bridgehead atoms. The number of nitrogens with one attached hydrogen (secondary N) is 3. The molecule has 34 heavy (non-hydrogen) atoms. The minimum Gasteiger partial charge on any atom is -0.480 e. The number of piperazine rings is 1. The van der Waals surface area contributed by atoms with Crippen LogP contribution < -0.4 is 16.4 Å². The Morgan fingerprint density at radius 1 is 1.15 bits per heavy atom. The quantitative estimate of drug-likeness (QED) is 0.235. The summed E-state index contributed by atoms with van der Waals surface area (Å²) in [6.07, 6.45) is -0.0157. The second kappa shape index (κ2) is 9.82. The Kier molecular flexibility index (Phi) is 6.67. The molecule has 1 aliphatic carbocycles. The summed E-state index contributed by atoms with van der Waals surface area (Å²) in [4.78, 5) is 38.4. The van der Waals surface area contributed by atoms with Crippen molar-refractivity contribution in [3.05, 3.63) is 59.7 Å². The van der Waals surface area contributed by atoms with E-state index in [4.69, 9.17) is 15.9 Å². The summed E-state index contributed by atoms with van der Waals surface area (Å²) >= 11 is 0. The molecule has 2 aromatic rings. The predicted molar refractivity (Wildman–Crippen MR) is 124 cm³/mol. The highest BCUT2D eigenvalue weighted by molar-refractivity contribution is 5.91. The highest BCUT2D eigenvalue weighted by Gasteiger charge is 2.41. The molecule has 0 spiro atoms. The summed E-state index contributed by atoms with van der Waals surface area (Å²) in [5.74, 6) is -2.10. The number of hydrogen-bond donors (Lipinski definition) is 5. The van der Waals surface area contributed by atoms with E-state index in [2.05, 4.69) is 10.6 Å². The van der Waals surface area contributed by atoms with Crippen molar-refractivity contribution in [1.82, 2.24) is 15.5 Å². The van der Waals surface area contributed by atoms with Crippen LogP contribution in [0.25, 0.3) is 11.1 Å². The van der Waals surface area contributed by atoms with Crippen LogP contribution in [-0.4, -0.2) is 65.7 Å². The van der Waals surface area contributed by atoms with E-state index in [1.54, 1.807) is 0 Å². The standard InChI is InChI=1S/C24H27N5O5/c25-23(26)27-11-5-10-20-21(30)28-19(22(31)32)12-29(20)24(33)34-13-18-16-8-3-1-6-14(16)15-7-2-4-9-17(15)18/h1-4,6-9,18-20H,5,10-13H2,(H,28,30)(H,31,32)(H4,25,26,27)/t19-,20+/m1/s1. The molecule has 1 fully saturated rings. The molecule has 2 atom stereocenters. The van der Waals surface area contributed by atoms with Gasteiger partial charge >= 0.3 is 12.1 Å². The first-order chi connectivity index (χ1) is 16.4. The SMILES string of the molecule is N=C(N)NCCC[C@H]1C(=O)N[C@@H](C(=O)O)CN1C(=O)OCC1c2ccccc2-c2ccccc21. The van der Waals surface area contributed by atoms with Crippen molar-refractivity contribution >= 4 is 23.9 Å². The molecule has 1 saturated heterocycles. The minimum atomic E-state index is -1.22. The third-order valence-corrected chi connectivity index (χ3v) is 6.21. The molecule has 0 saturated carbocycles. The van der Waals surface area contributed by atoms with Crippen LogP contribution in [0.4, 0.5) is 4.79 Å². The maximum atomic E-state index is 13.1. The predicted octanol–water partition coefficient (Wildman–Crippen LogP) is 1.45. The van der Waals surface area contributed by atoms with Gasteiger partial charge in [0, 0.05) is 12.5 Å². The first-order valence-corrected chi connectivity index (χ1v) is 11.1. The number of hydrogen-bond acceptors (Lipinski definition) is 5. The molecule has 10 nitrogen and oxygen atoms in total. The second-order valence-electron chi connectivity index (χ2n) is 8.35. The van der Waals surface area contributed by atoms with E-state index >= 15 is 0 Å². The van der Waals surface area contributed by atoms with Crippen molar-refractivity contribution in [3.63, 3.8) is 0 Å². The van der Waals surface area contributed by atoms with Crippen LogP contribution in [-0.2, 0) is 14.3 Å². The van der Waals surface area contributed by atoms with Crippen molar-refractivity contribution < 1.29 is 24.2 Å². The average molecular weight is 466 g/mol. The maximum Gasteiger partial charge on any atom is 0.410 e. The van der Waals surface area contributed by atoms with E-state index in [-0.39, 0.29) is 31.4 Å². The molecule has 178 valence electrons. The number of carboxylic acid groups (broad SMARTS) is 1. The lowest BCUT2D eigenvalue weighted by molar-refractivity contribution is -0.146. The van der Waals surface area contributed by atoms with Gasteiger partial charge in [0.1, 0.15) is 18.7 Å². The number of fused-ring (bicyclic) bond motifs is 3.